The van der Waals surface area contributed by atoms with Gasteiger partial charge >= 0.3 is 0 Å². The number of aromatic hydroxyl groups is 2. The van der Waals surface area contributed by atoms with E-state index < -0.39 is 28.7 Å². The Labute approximate surface area is 208 Å². The van der Waals surface area contributed by atoms with E-state index in [1.54, 1.807) is 0 Å². The van der Waals surface area contributed by atoms with Crippen LogP contribution in [0.1, 0.15) is 32.4 Å². The van der Waals surface area contributed by atoms with Gasteiger partial charge < -0.3 is 14.9 Å². The van der Waals surface area contributed by atoms with Gasteiger partial charge in [0.05, 0.1) is 16.1 Å². The lowest BCUT2D eigenvalue weighted by atomic mass is 10.0. The first-order valence-corrected chi connectivity index (χ1v) is 10.6. The number of carbonyl (C=O) groups is 2. The summed E-state index contributed by atoms with van der Waals surface area (Å²) in [5.74, 6) is -2.72. The Kier molecular flexibility index (Phi) is 6.86. The van der Waals surface area contributed by atoms with Gasteiger partial charge in [0, 0.05) is 17.7 Å². The van der Waals surface area contributed by atoms with Crippen molar-refractivity contribution in [3.05, 3.63) is 99.6 Å². The molecule has 4 rings (SSSR count). The topological polar surface area (TPSA) is 200 Å². The maximum atomic E-state index is 12.6. The fraction of sp³-hybridized carbons (Fsp3) is 0.0417. The molecule has 1 unspecified atom stereocenters. The van der Waals surface area contributed by atoms with Crippen molar-refractivity contribution in [1.29, 1.82) is 5.41 Å². The molecule has 1 atom stereocenters. The minimum absolute atomic E-state index is 0.0842. The number of nitro groups is 1. The largest absolute Gasteiger partial charge is 0.507 e. The molecule has 1 aliphatic heterocycles. The van der Waals surface area contributed by atoms with Crippen LogP contribution in [0, 0.1) is 15.5 Å². The van der Waals surface area contributed by atoms with Crippen LogP contribution < -0.4 is 10.9 Å². The molecule has 1 heterocycles. The summed E-state index contributed by atoms with van der Waals surface area (Å²) in [6.07, 6.45) is -1.20. The van der Waals surface area contributed by atoms with E-state index in [0.717, 1.165) is 0 Å². The highest BCUT2D eigenvalue weighted by molar-refractivity contribution is 6.69. The molecule has 1 aliphatic rings. The number of non-ortho nitro benzene ring substituents is 1. The number of benzene rings is 3. The Bertz CT molecular complexity index is 1480. The van der Waals surface area contributed by atoms with Crippen LogP contribution in [0.25, 0.3) is 0 Å². The van der Waals surface area contributed by atoms with Crippen LogP contribution in [0.4, 0.5) is 5.69 Å². The van der Waals surface area contributed by atoms with Crippen molar-refractivity contribution in [3.63, 3.8) is 0 Å². The standard InChI is InChI=1S/C24H18N6O7/c25-22-20(27-29-24(34)16-9-2-4-11-18(16)32)19(26-28-23(33)15-8-1-3-10-17(15)31)21(37-22)13-6-5-7-14(12-13)30(35)36/h1-12,21,25,31-32H,(H,28,33)(H,29,34)/b25-22?,26-19-,27-20-. The van der Waals surface area contributed by atoms with Crippen LogP contribution in [0.15, 0.2) is 83.0 Å². The molecule has 1 fully saturated rings. The fourth-order valence-corrected chi connectivity index (χ4v) is 3.39. The van der Waals surface area contributed by atoms with Crippen LogP contribution in [0.5, 0.6) is 11.5 Å². The fourth-order valence-electron chi connectivity index (χ4n) is 3.39. The van der Waals surface area contributed by atoms with E-state index in [-0.39, 0.29) is 45.3 Å². The number of hydrogen-bond donors (Lipinski definition) is 5. The average molecular weight is 502 g/mol. The first-order chi connectivity index (χ1) is 17.8. The van der Waals surface area contributed by atoms with Gasteiger partial charge in [-0.05, 0) is 24.3 Å². The van der Waals surface area contributed by atoms with Gasteiger partial charge in [-0.2, -0.15) is 10.2 Å². The summed E-state index contributed by atoms with van der Waals surface area (Å²) in [5.41, 5.74) is 3.83. The molecule has 0 saturated carbocycles. The van der Waals surface area contributed by atoms with Crippen LogP contribution in [0.2, 0.25) is 0 Å². The number of carbonyl (C=O) groups excluding carboxylic acids is 2. The first kappa shape index (κ1) is 24.5. The highest BCUT2D eigenvalue weighted by atomic mass is 16.6. The van der Waals surface area contributed by atoms with Crippen molar-refractivity contribution in [2.24, 2.45) is 10.2 Å². The number of hydrazone groups is 2. The molecule has 0 aromatic heterocycles. The van der Waals surface area contributed by atoms with Crippen LogP contribution in [0.3, 0.4) is 0 Å². The average Bonchev–Trinajstić information content (AvgIpc) is 3.21. The lowest BCUT2D eigenvalue weighted by molar-refractivity contribution is -0.384. The highest BCUT2D eigenvalue weighted by Gasteiger charge is 2.38. The van der Waals surface area contributed by atoms with E-state index in [1.807, 2.05) is 0 Å². The van der Waals surface area contributed by atoms with Crippen molar-refractivity contribution >= 4 is 34.8 Å². The highest BCUT2D eigenvalue weighted by Crippen LogP contribution is 2.29. The van der Waals surface area contributed by atoms with E-state index in [4.69, 9.17) is 10.1 Å². The summed E-state index contributed by atoms with van der Waals surface area (Å²) in [6.45, 7) is 0. The number of para-hydroxylation sites is 2. The number of phenolic OH excluding ortho intramolecular Hbond substituents is 2. The predicted molar refractivity (Wildman–Crippen MR) is 131 cm³/mol. The summed E-state index contributed by atoms with van der Waals surface area (Å²) >= 11 is 0. The third kappa shape index (κ3) is 5.24. The zero-order chi connectivity index (χ0) is 26.5. The number of rotatable bonds is 6. The minimum Gasteiger partial charge on any atom is -0.507 e. The molecule has 2 amide bonds. The summed E-state index contributed by atoms with van der Waals surface area (Å²) in [5, 5.41) is 47.2. The van der Waals surface area contributed by atoms with Crippen LogP contribution >= 0.6 is 0 Å². The van der Waals surface area contributed by atoms with Gasteiger partial charge in [-0.15, -0.1) is 0 Å². The summed E-state index contributed by atoms with van der Waals surface area (Å²) in [7, 11) is 0. The monoisotopic (exact) mass is 502 g/mol. The second-order valence-electron chi connectivity index (χ2n) is 7.55. The zero-order valence-electron chi connectivity index (χ0n) is 18.8. The smallest absolute Gasteiger partial charge is 0.275 e. The van der Waals surface area contributed by atoms with Gasteiger partial charge in [0.2, 0.25) is 5.90 Å². The molecule has 13 heteroatoms. The number of hydrogen-bond acceptors (Lipinski definition) is 10. The lowest BCUT2D eigenvalue weighted by Crippen LogP contribution is -2.28. The third-order valence-corrected chi connectivity index (χ3v) is 5.17. The predicted octanol–water partition coefficient (Wildman–Crippen LogP) is 2.63. The zero-order valence-corrected chi connectivity index (χ0v) is 18.8. The number of nitrogens with one attached hydrogen (secondary N) is 3. The summed E-state index contributed by atoms with van der Waals surface area (Å²) in [6, 6.07) is 16.8. The second kappa shape index (κ2) is 10.4. The number of phenols is 2. The Balaban J connectivity index is 1.70. The van der Waals surface area contributed by atoms with Crippen LogP contribution in [-0.4, -0.2) is 44.3 Å². The molecule has 0 aliphatic carbocycles. The molecule has 5 N–H and O–H groups in total. The molecule has 0 spiro atoms. The van der Waals surface area contributed by atoms with Gasteiger partial charge in [-0.1, -0.05) is 36.4 Å². The second-order valence-corrected chi connectivity index (χ2v) is 7.55. The van der Waals surface area contributed by atoms with Gasteiger partial charge in [-0.3, -0.25) is 25.1 Å². The molecule has 0 bridgehead atoms. The third-order valence-electron chi connectivity index (χ3n) is 5.17. The summed E-state index contributed by atoms with van der Waals surface area (Å²) in [4.78, 5) is 35.7. The van der Waals surface area contributed by atoms with Crippen LogP contribution in [-0.2, 0) is 4.74 Å². The van der Waals surface area contributed by atoms with Gasteiger partial charge in [0.1, 0.15) is 17.2 Å². The number of nitro benzene ring substituents is 1. The van der Waals surface area contributed by atoms with Gasteiger partial charge in [-0.25, -0.2) is 10.9 Å². The normalized spacial score (nSPS) is 16.9. The quantitative estimate of drug-likeness (QED) is 0.252. The molecule has 0 radical (unpaired) electrons. The van der Waals surface area contributed by atoms with E-state index in [0.29, 0.717) is 0 Å². The van der Waals surface area contributed by atoms with E-state index >= 15 is 0 Å². The SMILES string of the molecule is N=C1OC(c2cccc([N+](=O)[O-])c2)C(=N\NC(=O)c2ccccc2O)/C1=N/NC(=O)c1ccccc1O. The first-order valence-electron chi connectivity index (χ1n) is 10.6. The maximum absolute atomic E-state index is 12.6. The molecule has 3 aromatic rings. The van der Waals surface area contributed by atoms with Crippen molar-refractivity contribution < 1.29 is 29.5 Å². The van der Waals surface area contributed by atoms with E-state index in [1.165, 1.54) is 72.8 Å². The number of nitrogens with zero attached hydrogens (tertiary/aromatic N) is 3. The number of ether oxygens (including phenoxy) is 1. The van der Waals surface area contributed by atoms with Crippen molar-refractivity contribution in [2.45, 2.75) is 6.10 Å². The van der Waals surface area contributed by atoms with E-state index in [9.17, 15) is 29.9 Å². The Hall–Kier alpha value is -5.59. The Morgan fingerprint density at radius 1 is 0.892 bits per heavy atom. The molecule has 1 saturated heterocycles. The lowest BCUT2D eigenvalue weighted by Gasteiger charge is -2.11. The molecule has 37 heavy (non-hydrogen) atoms. The van der Waals surface area contributed by atoms with Gasteiger partial charge in [0.25, 0.3) is 17.5 Å². The Morgan fingerprint density at radius 3 is 2.03 bits per heavy atom. The summed E-state index contributed by atoms with van der Waals surface area (Å²) < 4.78 is 5.53. The molecule has 13 nitrogen and oxygen atoms in total. The van der Waals surface area contributed by atoms with Gasteiger partial charge in [0.15, 0.2) is 11.8 Å². The Morgan fingerprint density at radius 2 is 1.46 bits per heavy atom. The molecular formula is C24H18N6O7. The van der Waals surface area contributed by atoms with Crippen molar-refractivity contribution in [2.75, 3.05) is 0 Å². The molecular weight excluding hydrogens is 484 g/mol. The van der Waals surface area contributed by atoms with E-state index in [2.05, 4.69) is 21.1 Å². The molecule has 3 aromatic carbocycles. The van der Waals surface area contributed by atoms with Crippen molar-refractivity contribution in [3.8, 4) is 11.5 Å². The maximum Gasteiger partial charge on any atom is 0.275 e. The number of amides is 2. The molecule has 186 valence electrons. The van der Waals surface area contributed by atoms with Crippen molar-refractivity contribution in [1.82, 2.24) is 10.9 Å². The minimum atomic E-state index is -1.20.